The summed E-state index contributed by atoms with van der Waals surface area (Å²) in [5, 5.41) is 12.4. The van der Waals surface area contributed by atoms with E-state index in [2.05, 4.69) is 29.6 Å². The third kappa shape index (κ3) is 7.10. The van der Waals surface area contributed by atoms with Crippen LogP contribution >= 0.6 is 12.2 Å². The normalized spacial score (nSPS) is 24.9. The molecule has 4 atom stereocenters. The molecule has 1 aromatic rings. The number of allylic oxidation sites excluding steroid dienone is 2. The van der Waals surface area contributed by atoms with Gasteiger partial charge in [-0.15, -0.1) is 0 Å². The predicted molar refractivity (Wildman–Crippen MR) is 121 cm³/mol. The summed E-state index contributed by atoms with van der Waals surface area (Å²) in [6, 6.07) is 10.3. The third-order valence-corrected chi connectivity index (χ3v) is 6.40. The monoisotopic (exact) mass is 431 g/mol. The van der Waals surface area contributed by atoms with Crippen molar-refractivity contribution in [1.29, 1.82) is 0 Å². The van der Waals surface area contributed by atoms with Crippen molar-refractivity contribution in [2.45, 2.75) is 63.6 Å². The fraction of sp³-hybridized carbons (Fsp3) is 0.583. The number of benzene rings is 1. The van der Waals surface area contributed by atoms with Gasteiger partial charge in [0, 0.05) is 13.0 Å². The summed E-state index contributed by atoms with van der Waals surface area (Å²) in [6.45, 7) is 1.39. The van der Waals surface area contributed by atoms with Crippen molar-refractivity contribution >= 4 is 23.4 Å². The highest BCUT2D eigenvalue weighted by molar-refractivity contribution is 7.80. The lowest BCUT2D eigenvalue weighted by Gasteiger charge is -2.27. The number of aliphatic carboxylic acids is 1. The van der Waals surface area contributed by atoms with Crippen molar-refractivity contribution in [3.8, 4) is 0 Å². The SMILES string of the molecule is O=C(O)CCC/C=C\C[C@@H]1[C@H](CCOC(=S)NCCc2ccccc2)[C@@H]2CC[C@H]1O2. The maximum Gasteiger partial charge on any atom is 0.303 e. The molecule has 0 saturated carbocycles. The molecule has 0 unspecified atom stereocenters. The molecule has 2 aliphatic heterocycles. The quantitative estimate of drug-likeness (QED) is 0.288. The molecule has 2 bridgehead atoms. The Hall–Kier alpha value is -1.92. The van der Waals surface area contributed by atoms with Crippen LogP contribution in [0, 0.1) is 11.8 Å². The van der Waals surface area contributed by atoms with E-state index in [0.717, 1.165) is 45.1 Å². The standard InChI is InChI=1S/C24H33NO4S/c26-23(27)11-7-2-1-6-10-19-20(22-13-12-21(19)29-22)15-17-28-24(30)25-16-14-18-8-4-3-5-9-18/h1,3-6,8-9,19-22H,2,7,10-17H2,(H,25,30)(H,26,27)/b6-1-/t19-,20+,21-,22+/m1/s1. The molecule has 0 radical (unpaired) electrons. The van der Waals surface area contributed by atoms with Gasteiger partial charge in [0.05, 0.1) is 18.8 Å². The molecule has 2 aliphatic rings. The number of rotatable bonds is 12. The Morgan fingerprint density at radius 3 is 2.73 bits per heavy atom. The van der Waals surface area contributed by atoms with Crippen LogP contribution in [0.15, 0.2) is 42.5 Å². The molecule has 0 amide bonds. The van der Waals surface area contributed by atoms with Gasteiger partial charge in [-0.1, -0.05) is 42.5 Å². The summed E-state index contributed by atoms with van der Waals surface area (Å²) in [6.07, 6.45) is 12.0. The van der Waals surface area contributed by atoms with Crippen LogP contribution in [0.4, 0.5) is 0 Å². The van der Waals surface area contributed by atoms with E-state index in [1.807, 2.05) is 18.2 Å². The van der Waals surface area contributed by atoms with E-state index in [-0.39, 0.29) is 6.42 Å². The third-order valence-electron chi connectivity index (χ3n) is 6.14. The second kappa shape index (κ2) is 12.1. The van der Waals surface area contributed by atoms with E-state index >= 15 is 0 Å². The zero-order chi connectivity index (χ0) is 21.2. The van der Waals surface area contributed by atoms with E-state index in [1.54, 1.807) is 0 Å². The molecule has 5 nitrogen and oxygen atoms in total. The highest BCUT2D eigenvalue weighted by Gasteiger charge is 2.47. The molecule has 1 aromatic carbocycles. The Bertz CT molecular complexity index is 708. The molecule has 2 heterocycles. The van der Waals surface area contributed by atoms with Crippen LogP contribution in [0.2, 0.25) is 0 Å². The highest BCUT2D eigenvalue weighted by Crippen LogP contribution is 2.46. The van der Waals surface area contributed by atoms with Crippen LogP contribution < -0.4 is 5.32 Å². The van der Waals surface area contributed by atoms with Crippen molar-refractivity contribution in [2.24, 2.45) is 11.8 Å². The number of hydrogen-bond acceptors (Lipinski definition) is 4. The van der Waals surface area contributed by atoms with Crippen LogP contribution in [0.3, 0.4) is 0 Å². The smallest absolute Gasteiger partial charge is 0.303 e. The lowest BCUT2D eigenvalue weighted by Crippen LogP contribution is -2.30. The van der Waals surface area contributed by atoms with Crippen molar-refractivity contribution in [2.75, 3.05) is 13.2 Å². The Morgan fingerprint density at radius 1 is 1.20 bits per heavy atom. The predicted octanol–water partition coefficient (Wildman–Crippen LogP) is 4.51. The number of hydrogen-bond donors (Lipinski definition) is 2. The molecule has 2 N–H and O–H groups in total. The van der Waals surface area contributed by atoms with Gasteiger partial charge in [0.15, 0.2) is 0 Å². The Morgan fingerprint density at radius 2 is 1.97 bits per heavy atom. The maximum atomic E-state index is 10.6. The first-order valence-corrected chi connectivity index (χ1v) is 11.5. The number of ether oxygens (including phenoxy) is 2. The number of unbranched alkanes of at least 4 members (excludes halogenated alkanes) is 1. The molecule has 0 aromatic heterocycles. The minimum absolute atomic E-state index is 0.237. The van der Waals surface area contributed by atoms with Gasteiger partial charge in [-0.25, -0.2) is 0 Å². The van der Waals surface area contributed by atoms with E-state index in [1.165, 1.54) is 5.56 Å². The van der Waals surface area contributed by atoms with Crippen LogP contribution in [0.25, 0.3) is 0 Å². The molecule has 3 rings (SSSR count). The largest absolute Gasteiger partial charge is 0.481 e. The van der Waals surface area contributed by atoms with Gasteiger partial charge in [0.2, 0.25) is 0 Å². The molecular formula is C24H33NO4S. The number of fused-ring (bicyclic) bond motifs is 2. The summed E-state index contributed by atoms with van der Waals surface area (Å²) in [5.74, 6) is 0.319. The topological polar surface area (TPSA) is 67.8 Å². The van der Waals surface area contributed by atoms with Crippen LogP contribution in [-0.2, 0) is 20.7 Å². The number of nitrogens with one attached hydrogen (secondary N) is 1. The van der Waals surface area contributed by atoms with Gasteiger partial charge in [-0.3, -0.25) is 4.79 Å². The van der Waals surface area contributed by atoms with Crippen molar-refractivity contribution in [3.05, 3.63) is 48.0 Å². The first kappa shape index (κ1) is 22.8. The first-order valence-electron chi connectivity index (χ1n) is 11.1. The minimum atomic E-state index is -0.725. The van der Waals surface area contributed by atoms with Crippen molar-refractivity contribution < 1.29 is 19.4 Å². The van der Waals surface area contributed by atoms with Gasteiger partial charge in [0.1, 0.15) is 0 Å². The number of thiocarbonyl (C=S) groups is 1. The summed E-state index contributed by atoms with van der Waals surface area (Å²) in [4.78, 5) is 10.6. The van der Waals surface area contributed by atoms with E-state index < -0.39 is 5.97 Å². The van der Waals surface area contributed by atoms with Crippen molar-refractivity contribution in [3.63, 3.8) is 0 Å². The van der Waals surface area contributed by atoms with E-state index in [4.69, 9.17) is 26.8 Å². The number of carboxylic acid groups (broad SMARTS) is 1. The van der Waals surface area contributed by atoms with Gasteiger partial charge < -0.3 is 19.9 Å². The Balaban J connectivity index is 1.33. The second-order valence-electron chi connectivity index (χ2n) is 8.20. The Labute approximate surface area is 184 Å². The van der Waals surface area contributed by atoms with Crippen LogP contribution in [0.1, 0.15) is 50.5 Å². The molecule has 2 fully saturated rings. The first-order chi connectivity index (χ1) is 14.6. The van der Waals surface area contributed by atoms with Gasteiger partial charge >= 0.3 is 5.97 Å². The molecule has 30 heavy (non-hydrogen) atoms. The summed E-state index contributed by atoms with van der Waals surface area (Å²) in [7, 11) is 0. The average Bonchev–Trinajstić information content (AvgIpc) is 3.33. The molecule has 164 valence electrons. The lowest BCUT2D eigenvalue weighted by molar-refractivity contribution is -0.137. The molecule has 2 saturated heterocycles. The average molecular weight is 432 g/mol. The van der Waals surface area contributed by atoms with Crippen molar-refractivity contribution in [1.82, 2.24) is 5.32 Å². The maximum absolute atomic E-state index is 10.6. The van der Waals surface area contributed by atoms with Gasteiger partial charge in [-0.2, -0.15) is 0 Å². The summed E-state index contributed by atoms with van der Waals surface area (Å²) in [5.41, 5.74) is 1.28. The van der Waals surface area contributed by atoms with Gasteiger partial charge in [-0.05, 0) is 74.6 Å². The van der Waals surface area contributed by atoms with Crippen LogP contribution in [0.5, 0.6) is 0 Å². The van der Waals surface area contributed by atoms with Gasteiger partial charge in [0.25, 0.3) is 5.17 Å². The second-order valence-corrected chi connectivity index (χ2v) is 8.57. The van der Waals surface area contributed by atoms with Crippen LogP contribution in [-0.4, -0.2) is 41.6 Å². The van der Waals surface area contributed by atoms with E-state index in [0.29, 0.717) is 42.2 Å². The molecule has 0 aliphatic carbocycles. The lowest BCUT2D eigenvalue weighted by atomic mass is 9.76. The minimum Gasteiger partial charge on any atom is -0.481 e. The summed E-state index contributed by atoms with van der Waals surface area (Å²) < 4.78 is 11.9. The molecule has 6 heteroatoms. The highest BCUT2D eigenvalue weighted by atomic mass is 32.1. The fourth-order valence-electron chi connectivity index (χ4n) is 4.63. The zero-order valence-electron chi connectivity index (χ0n) is 17.5. The number of carboxylic acids is 1. The molecule has 0 spiro atoms. The Kier molecular flexibility index (Phi) is 9.15. The summed E-state index contributed by atoms with van der Waals surface area (Å²) >= 11 is 5.32. The van der Waals surface area contributed by atoms with E-state index in [9.17, 15) is 4.79 Å². The number of carbonyl (C=O) groups is 1. The fourth-order valence-corrected chi connectivity index (χ4v) is 4.82. The zero-order valence-corrected chi connectivity index (χ0v) is 18.3. The molecular weight excluding hydrogens is 398 g/mol.